The molecule has 0 aromatic heterocycles. The van der Waals surface area contributed by atoms with E-state index in [4.69, 9.17) is 14.6 Å². The summed E-state index contributed by atoms with van der Waals surface area (Å²) < 4.78 is 10.8. The van der Waals surface area contributed by atoms with Gasteiger partial charge < -0.3 is 19.9 Å². The smallest absolute Gasteiger partial charge is 0.228 e. The summed E-state index contributed by atoms with van der Waals surface area (Å²) in [5.41, 5.74) is 3.39. The van der Waals surface area contributed by atoms with Crippen LogP contribution in [-0.4, -0.2) is 31.3 Å². The molecule has 0 heterocycles. The van der Waals surface area contributed by atoms with Crippen LogP contribution in [0.1, 0.15) is 63.5 Å². The number of carbonyl (C=O) groups excluding carboxylic acids is 1. The zero-order valence-electron chi connectivity index (χ0n) is 19.8. The molecule has 1 aliphatic rings. The fourth-order valence-corrected chi connectivity index (χ4v) is 4.65. The third kappa shape index (κ3) is 6.49. The zero-order chi connectivity index (χ0) is 23.1. The molecule has 2 N–H and O–H groups in total. The van der Waals surface area contributed by atoms with Crippen molar-refractivity contribution in [3.63, 3.8) is 0 Å². The van der Waals surface area contributed by atoms with Crippen molar-refractivity contribution >= 4 is 11.6 Å². The Morgan fingerprint density at radius 3 is 2.47 bits per heavy atom. The first-order valence-corrected chi connectivity index (χ1v) is 11.6. The summed E-state index contributed by atoms with van der Waals surface area (Å²) in [7, 11) is 1.56. The Balaban J connectivity index is 1.59. The molecule has 174 valence electrons. The third-order valence-corrected chi connectivity index (χ3v) is 6.54. The fraction of sp³-hybridized carbons (Fsp3) is 0.519. The maximum atomic E-state index is 12.7. The van der Waals surface area contributed by atoms with Crippen molar-refractivity contribution in [2.24, 2.45) is 11.3 Å². The number of nitrogens with one attached hydrogen (secondary N) is 1. The average molecular weight is 440 g/mol. The molecule has 0 radical (unpaired) electrons. The van der Waals surface area contributed by atoms with Crippen molar-refractivity contribution in [1.82, 2.24) is 0 Å². The molecular formula is C27H37NO4. The van der Waals surface area contributed by atoms with E-state index in [9.17, 15) is 4.79 Å². The molecule has 0 unspecified atom stereocenters. The van der Waals surface area contributed by atoms with Gasteiger partial charge in [-0.05, 0) is 78.3 Å². The molecule has 2 aromatic carbocycles. The minimum Gasteiger partial charge on any atom is -0.493 e. The largest absolute Gasteiger partial charge is 0.493 e. The van der Waals surface area contributed by atoms with Crippen LogP contribution in [-0.2, 0) is 11.2 Å². The lowest BCUT2D eigenvalue weighted by atomic mass is 9.68. The monoisotopic (exact) mass is 439 g/mol. The van der Waals surface area contributed by atoms with Crippen molar-refractivity contribution < 1.29 is 19.4 Å². The van der Waals surface area contributed by atoms with E-state index in [1.165, 1.54) is 31.2 Å². The van der Waals surface area contributed by atoms with Crippen molar-refractivity contribution in [3.8, 4) is 11.5 Å². The van der Waals surface area contributed by atoms with Crippen LogP contribution in [0.5, 0.6) is 11.5 Å². The van der Waals surface area contributed by atoms with Crippen LogP contribution in [0.2, 0.25) is 0 Å². The van der Waals surface area contributed by atoms with E-state index in [1.54, 1.807) is 19.2 Å². The summed E-state index contributed by atoms with van der Waals surface area (Å²) in [4.78, 5) is 12.7. The van der Waals surface area contributed by atoms with Crippen molar-refractivity contribution in [3.05, 3.63) is 53.6 Å². The van der Waals surface area contributed by atoms with Gasteiger partial charge in [0.25, 0.3) is 0 Å². The predicted molar refractivity (Wildman–Crippen MR) is 129 cm³/mol. The van der Waals surface area contributed by atoms with E-state index in [1.807, 2.05) is 18.2 Å². The van der Waals surface area contributed by atoms with Gasteiger partial charge in [0, 0.05) is 5.69 Å². The lowest BCUT2D eigenvalue weighted by molar-refractivity contribution is -0.115. The highest BCUT2D eigenvalue weighted by Crippen LogP contribution is 2.43. The molecule has 0 saturated heterocycles. The van der Waals surface area contributed by atoms with E-state index in [0.29, 0.717) is 22.8 Å². The standard InChI is InChI=1S/C27H37NO4/c1-27(2,3)22-11-9-20(10-12-22)21-6-5-7-23(18-21)28-26(30)17-19-8-13-24(32-15-14-29)25(16-19)31-4/h5-8,13,16,18,20,22,29H,9-12,14-15,17H2,1-4H3,(H,28,30). The Morgan fingerprint density at radius 2 is 1.81 bits per heavy atom. The number of aliphatic hydroxyl groups is 1. The normalized spacial score (nSPS) is 18.8. The molecule has 1 fully saturated rings. The number of anilines is 1. The number of hydrogen-bond acceptors (Lipinski definition) is 4. The highest BCUT2D eigenvalue weighted by molar-refractivity contribution is 5.92. The summed E-state index contributed by atoms with van der Waals surface area (Å²) in [5.74, 6) is 2.40. The van der Waals surface area contributed by atoms with Gasteiger partial charge >= 0.3 is 0 Å². The quantitative estimate of drug-likeness (QED) is 0.564. The summed E-state index contributed by atoms with van der Waals surface area (Å²) >= 11 is 0. The van der Waals surface area contributed by atoms with E-state index < -0.39 is 0 Å². The van der Waals surface area contributed by atoms with Crippen molar-refractivity contribution in [1.29, 1.82) is 0 Å². The van der Waals surface area contributed by atoms with Crippen LogP contribution in [0, 0.1) is 11.3 Å². The summed E-state index contributed by atoms with van der Waals surface area (Å²) in [6, 6.07) is 13.7. The van der Waals surface area contributed by atoms with Crippen LogP contribution in [0.3, 0.4) is 0 Å². The highest BCUT2D eigenvalue weighted by Gasteiger charge is 2.30. The van der Waals surface area contributed by atoms with Gasteiger partial charge in [0.2, 0.25) is 5.91 Å². The second kappa shape index (κ2) is 10.9. The van der Waals surface area contributed by atoms with Gasteiger partial charge in [-0.1, -0.05) is 39.0 Å². The molecule has 1 aliphatic carbocycles. The molecule has 0 spiro atoms. The second-order valence-electron chi connectivity index (χ2n) is 9.82. The summed E-state index contributed by atoms with van der Waals surface area (Å²) in [6.07, 6.45) is 5.21. The molecule has 1 amide bonds. The zero-order valence-corrected chi connectivity index (χ0v) is 19.8. The van der Waals surface area contributed by atoms with Crippen molar-refractivity contribution in [2.45, 2.75) is 58.8 Å². The van der Waals surface area contributed by atoms with Crippen LogP contribution in [0.25, 0.3) is 0 Å². The number of carbonyl (C=O) groups is 1. The second-order valence-corrected chi connectivity index (χ2v) is 9.82. The van der Waals surface area contributed by atoms with Gasteiger partial charge in [0.1, 0.15) is 6.61 Å². The number of ether oxygens (including phenoxy) is 2. The van der Waals surface area contributed by atoms with E-state index in [2.05, 4.69) is 38.2 Å². The highest BCUT2D eigenvalue weighted by atomic mass is 16.5. The number of methoxy groups -OCH3 is 1. The number of benzene rings is 2. The Kier molecular flexibility index (Phi) is 8.19. The average Bonchev–Trinajstić information content (AvgIpc) is 2.77. The minimum absolute atomic E-state index is 0.0651. The van der Waals surface area contributed by atoms with Gasteiger partial charge in [0.15, 0.2) is 11.5 Å². The molecule has 0 bridgehead atoms. The van der Waals surface area contributed by atoms with E-state index in [-0.39, 0.29) is 25.5 Å². The van der Waals surface area contributed by atoms with E-state index in [0.717, 1.165) is 17.2 Å². The molecular weight excluding hydrogens is 402 g/mol. The maximum absolute atomic E-state index is 12.7. The first kappa shape index (κ1) is 24.1. The fourth-order valence-electron chi connectivity index (χ4n) is 4.65. The lowest BCUT2D eigenvalue weighted by Gasteiger charge is -2.37. The predicted octanol–water partition coefficient (Wildman–Crippen LogP) is 5.57. The Labute approximate surface area is 192 Å². The van der Waals surface area contributed by atoms with E-state index >= 15 is 0 Å². The minimum atomic E-state index is -0.0651. The molecule has 32 heavy (non-hydrogen) atoms. The van der Waals surface area contributed by atoms with Gasteiger partial charge in [-0.3, -0.25) is 4.79 Å². The van der Waals surface area contributed by atoms with Gasteiger partial charge in [0.05, 0.1) is 20.1 Å². The molecule has 5 nitrogen and oxygen atoms in total. The third-order valence-electron chi connectivity index (χ3n) is 6.54. The Hall–Kier alpha value is -2.53. The number of aliphatic hydroxyl groups excluding tert-OH is 1. The summed E-state index contributed by atoms with van der Waals surface area (Å²) in [6.45, 7) is 7.17. The van der Waals surface area contributed by atoms with Gasteiger partial charge in [-0.15, -0.1) is 0 Å². The molecule has 2 aromatic rings. The Morgan fingerprint density at radius 1 is 1.06 bits per heavy atom. The Bertz CT molecular complexity index is 895. The SMILES string of the molecule is COc1cc(CC(=O)Nc2cccc(C3CCC(C(C)(C)C)CC3)c2)ccc1OCCO. The summed E-state index contributed by atoms with van der Waals surface area (Å²) in [5, 5.41) is 12.0. The van der Waals surface area contributed by atoms with Crippen LogP contribution in [0.4, 0.5) is 5.69 Å². The van der Waals surface area contributed by atoms with Crippen LogP contribution < -0.4 is 14.8 Å². The first-order chi connectivity index (χ1) is 15.3. The molecule has 0 atom stereocenters. The maximum Gasteiger partial charge on any atom is 0.228 e. The molecule has 5 heteroatoms. The van der Waals surface area contributed by atoms with Crippen molar-refractivity contribution in [2.75, 3.05) is 25.6 Å². The topological polar surface area (TPSA) is 67.8 Å². The molecule has 3 rings (SSSR count). The van der Waals surface area contributed by atoms with Crippen LogP contribution >= 0.6 is 0 Å². The number of amides is 1. The van der Waals surface area contributed by atoms with Crippen LogP contribution in [0.15, 0.2) is 42.5 Å². The molecule has 0 aliphatic heterocycles. The number of hydrogen-bond donors (Lipinski definition) is 2. The van der Waals surface area contributed by atoms with Gasteiger partial charge in [-0.2, -0.15) is 0 Å². The molecule has 1 saturated carbocycles. The van der Waals surface area contributed by atoms with Gasteiger partial charge in [-0.25, -0.2) is 0 Å². The lowest BCUT2D eigenvalue weighted by Crippen LogP contribution is -2.25. The first-order valence-electron chi connectivity index (χ1n) is 11.6. The number of rotatable bonds is 8.